The Labute approximate surface area is 70.0 Å². The summed E-state index contributed by atoms with van der Waals surface area (Å²) in [5, 5.41) is 7.54. The normalized spacial score (nSPS) is 19.1. The summed E-state index contributed by atoms with van der Waals surface area (Å²) in [5.41, 5.74) is 0.407. The first-order valence-corrected chi connectivity index (χ1v) is 3.85. The highest BCUT2D eigenvalue weighted by atomic mass is 16.1. The highest BCUT2D eigenvalue weighted by Gasteiger charge is 2.25. The van der Waals surface area contributed by atoms with Crippen molar-refractivity contribution in [3.8, 4) is 0 Å². The van der Waals surface area contributed by atoms with Gasteiger partial charge >= 0.3 is 0 Å². The number of hydrogen-bond donors (Lipinski definition) is 0. The fourth-order valence-electron chi connectivity index (χ4n) is 1.36. The number of likely N-dealkylation sites (N-methyl/N-ethyl adjacent to an activating group) is 1. The number of likely N-dealkylation sites (tertiary alicyclic amines) is 1. The van der Waals surface area contributed by atoms with Gasteiger partial charge in [0.15, 0.2) is 6.29 Å². The lowest BCUT2D eigenvalue weighted by Crippen LogP contribution is -2.45. The number of hydrogen-bond acceptors (Lipinski definition) is 4. The fraction of sp³-hybridized carbons (Fsp3) is 0.571. The molecule has 0 N–H and O–H groups in total. The van der Waals surface area contributed by atoms with E-state index in [1.807, 2.05) is 7.05 Å². The molecular weight excluding hydrogens is 156 g/mol. The van der Waals surface area contributed by atoms with Crippen molar-refractivity contribution in [3.05, 3.63) is 11.9 Å². The maximum atomic E-state index is 10.3. The van der Waals surface area contributed by atoms with Crippen molar-refractivity contribution in [2.24, 2.45) is 0 Å². The number of rotatable bonds is 2. The van der Waals surface area contributed by atoms with E-state index in [0.717, 1.165) is 13.1 Å². The molecule has 0 radical (unpaired) electrons. The van der Waals surface area contributed by atoms with Crippen molar-refractivity contribution < 1.29 is 4.79 Å². The maximum Gasteiger partial charge on any atom is 0.171 e. The van der Waals surface area contributed by atoms with E-state index in [4.69, 9.17) is 0 Å². The molecule has 1 saturated heterocycles. The molecule has 1 aromatic heterocycles. The molecule has 5 heteroatoms. The van der Waals surface area contributed by atoms with Crippen molar-refractivity contribution in [2.45, 2.75) is 6.04 Å². The van der Waals surface area contributed by atoms with E-state index >= 15 is 0 Å². The van der Waals surface area contributed by atoms with Crippen molar-refractivity contribution >= 4 is 6.29 Å². The fourth-order valence-corrected chi connectivity index (χ4v) is 1.36. The zero-order valence-corrected chi connectivity index (χ0v) is 6.84. The van der Waals surface area contributed by atoms with Gasteiger partial charge < -0.3 is 4.90 Å². The van der Waals surface area contributed by atoms with Crippen molar-refractivity contribution in [2.75, 3.05) is 20.1 Å². The van der Waals surface area contributed by atoms with Gasteiger partial charge in [0.1, 0.15) is 5.69 Å². The van der Waals surface area contributed by atoms with E-state index in [0.29, 0.717) is 18.0 Å². The molecule has 0 atom stereocenters. The second-order valence-corrected chi connectivity index (χ2v) is 3.12. The van der Waals surface area contributed by atoms with Gasteiger partial charge in [0.2, 0.25) is 0 Å². The van der Waals surface area contributed by atoms with Gasteiger partial charge in [-0.1, -0.05) is 5.21 Å². The molecule has 0 amide bonds. The van der Waals surface area contributed by atoms with Crippen LogP contribution in [0.1, 0.15) is 16.5 Å². The van der Waals surface area contributed by atoms with Gasteiger partial charge in [-0.15, -0.1) is 5.10 Å². The van der Waals surface area contributed by atoms with Crippen LogP contribution in [0.15, 0.2) is 6.20 Å². The van der Waals surface area contributed by atoms with E-state index in [2.05, 4.69) is 15.2 Å². The summed E-state index contributed by atoms with van der Waals surface area (Å²) in [7, 11) is 2.05. The Morgan fingerprint density at radius 1 is 1.67 bits per heavy atom. The third-order valence-electron chi connectivity index (χ3n) is 2.07. The number of aromatic nitrogens is 3. The van der Waals surface area contributed by atoms with Crippen LogP contribution in [0.4, 0.5) is 0 Å². The Bertz CT molecular complexity index is 289. The molecule has 12 heavy (non-hydrogen) atoms. The lowest BCUT2D eigenvalue weighted by molar-refractivity contribution is 0.111. The molecule has 1 fully saturated rings. The van der Waals surface area contributed by atoms with Crippen LogP contribution in [0.2, 0.25) is 0 Å². The highest BCUT2D eigenvalue weighted by Crippen LogP contribution is 2.17. The molecule has 2 heterocycles. The molecule has 1 aromatic rings. The summed E-state index contributed by atoms with van der Waals surface area (Å²) in [6.07, 6.45) is 2.40. The monoisotopic (exact) mass is 166 g/mol. The smallest absolute Gasteiger partial charge is 0.171 e. The second-order valence-electron chi connectivity index (χ2n) is 3.12. The highest BCUT2D eigenvalue weighted by molar-refractivity contribution is 5.70. The van der Waals surface area contributed by atoms with Crippen LogP contribution in [0.5, 0.6) is 0 Å². The van der Waals surface area contributed by atoms with Gasteiger partial charge in [-0.05, 0) is 7.05 Å². The minimum atomic E-state index is 0.399. The lowest BCUT2D eigenvalue weighted by Gasteiger charge is -2.35. The number of nitrogens with zero attached hydrogens (tertiary/aromatic N) is 4. The molecule has 0 spiro atoms. The Kier molecular flexibility index (Phi) is 1.65. The zero-order valence-electron chi connectivity index (χ0n) is 6.84. The quantitative estimate of drug-likeness (QED) is 0.560. The van der Waals surface area contributed by atoms with Crippen LogP contribution < -0.4 is 0 Å². The van der Waals surface area contributed by atoms with Crippen LogP contribution in [-0.4, -0.2) is 46.3 Å². The molecule has 0 aliphatic carbocycles. The summed E-state index contributed by atoms with van der Waals surface area (Å²) in [4.78, 5) is 12.5. The third-order valence-corrected chi connectivity index (χ3v) is 2.07. The Morgan fingerprint density at radius 3 is 2.92 bits per heavy atom. The molecule has 1 aliphatic heterocycles. The standard InChI is InChI=1S/C7H10N4O/c1-10-3-7(4-10)11-2-6(5-12)8-9-11/h2,5,7H,3-4H2,1H3. The SMILES string of the molecule is CN1CC(n2cc(C=O)nn2)C1. The molecular formula is C7H10N4O. The van der Waals surface area contributed by atoms with Crippen LogP contribution in [0.25, 0.3) is 0 Å². The summed E-state index contributed by atoms with van der Waals surface area (Å²) in [5.74, 6) is 0. The summed E-state index contributed by atoms with van der Waals surface area (Å²) < 4.78 is 1.75. The first-order valence-electron chi connectivity index (χ1n) is 3.85. The first-order chi connectivity index (χ1) is 5.79. The van der Waals surface area contributed by atoms with Gasteiger partial charge in [-0.2, -0.15) is 0 Å². The Morgan fingerprint density at radius 2 is 2.42 bits per heavy atom. The number of aldehydes is 1. The van der Waals surface area contributed by atoms with Gasteiger partial charge in [0.05, 0.1) is 12.2 Å². The minimum absolute atomic E-state index is 0.399. The van der Waals surface area contributed by atoms with Crippen LogP contribution in [-0.2, 0) is 0 Å². The largest absolute Gasteiger partial charge is 0.302 e. The van der Waals surface area contributed by atoms with Crippen molar-refractivity contribution in [1.29, 1.82) is 0 Å². The topological polar surface area (TPSA) is 51.0 Å². The molecule has 0 saturated carbocycles. The Balaban J connectivity index is 2.08. The third kappa shape index (κ3) is 1.12. The molecule has 64 valence electrons. The average molecular weight is 166 g/mol. The summed E-state index contributed by atoms with van der Waals surface area (Å²) >= 11 is 0. The van der Waals surface area contributed by atoms with E-state index in [-0.39, 0.29) is 0 Å². The maximum absolute atomic E-state index is 10.3. The van der Waals surface area contributed by atoms with E-state index in [1.165, 1.54) is 0 Å². The summed E-state index contributed by atoms with van der Waals surface area (Å²) in [6.45, 7) is 1.98. The van der Waals surface area contributed by atoms with Gasteiger partial charge in [-0.3, -0.25) is 4.79 Å². The van der Waals surface area contributed by atoms with E-state index in [9.17, 15) is 4.79 Å². The van der Waals surface area contributed by atoms with Crippen molar-refractivity contribution in [3.63, 3.8) is 0 Å². The molecule has 0 bridgehead atoms. The predicted molar refractivity (Wildman–Crippen MR) is 41.9 cm³/mol. The van der Waals surface area contributed by atoms with Gasteiger partial charge in [0.25, 0.3) is 0 Å². The zero-order chi connectivity index (χ0) is 8.55. The van der Waals surface area contributed by atoms with Gasteiger partial charge in [-0.25, -0.2) is 4.68 Å². The van der Waals surface area contributed by atoms with Crippen molar-refractivity contribution in [1.82, 2.24) is 19.9 Å². The molecule has 2 rings (SSSR count). The average Bonchev–Trinajstić information content (AvgIpc) is 2.46. The molecule has 0 unspecified atom stereocenters. The van der Waals surface area contributed by atoms with Crippen LogP contribution in [0, 0.1) is 0 Å². The first kappa shape index (κ1) is 7.42. The van der Waals surface area contributed by atoms with E-state index in [1.54, 1.807) is 10.9 Å². The number of carbonyl (C=O) groups excluding carboxylic acids is 1. The predicted octanol–water partition coefficient (Wildman–Crippen LogP) is -0.423. The van der Waals surface area contributed by atoms with E-state index < -0.39 is 0 Å². The molecule has 5 nitrogen and oxygen atoms in total. The second kappa shape index (κ2) is 2.67. The molecule has 0 aromatic carbocycles. The molecule has 1 aliphatic rings. The Hall–Kier alpha value is -1.23. The van der Waals surface area contributed by atoms with Gasteiger partial charge in [0, 0.05) is 13.1 Å². The lowest BCUT2D eigenvalue weighted by atomic mass is 10.1. The number of carbonyl (C=O) groups is 1. The minimum Gasteiger partial charge on any atom is -0.302 e. The van der Waals surface area contributed by atoms with Crippen LogP contribution in [0.3, 0.4) is 0 Å². The summed E-state index contributed by atoms with van der Waals surface area (Å²) in [6, 6.07) is 0.399. The van der Waals surface area contributed by atoms with Crippen LogP contribution >= 0.6 is 0 Å².